The number of rotatable bonds is 9. The van der Waals surface area contributed by atoms with E-state index in [2.05, 4.69) is 10.6 Å². The maximum atomic E-state index is 12.7. The molecule has 0 aromatic heterocycles. The molecule has 0 spiro atoms. The Morgan fingerprint density at radius 3 is 2.28 bits per heavy atom. The standard InChI is InChI=1S/C23H31N3O5S/c1-17(24-16-18-7-12-21(30-2)22(15-18)31-3)23(27)25-19-8-10-20(11-9-19)32(28,29)26-13-5-4-6-14-26/h7-12,15,17,24H,4-6,13-14,16H2,1-3H3,(H,25,27)/t17-/m1/s1. The molecule has 9 heteroatoms. The van der Waals surface area contributed by atoms with E-state index in [4.69, 9.17) is 9.47 Å². The van der Waals surface area contributed by atoms with Gasteiger partial charge in [0.25, 0.3) is 0 Å². The van der Waals surface area contributed by atoms with Gasteiger partial charge in [0.1, 0.15) is 0 Å². The minimum atomic E-state index is -3.48. The molecule has 32 heavy (non-hydrogen) atoms. The molecule has 1 fully saturated rings. The summed E-state index contributed by atoms with van der Waals surface area (Å²) < 4.78 is 37.6. The van der Waals surface area contributed by atoms with Crippen molar-refractivity contribution < 1.29 is 22.7 Å². The van der Waals surface area contributed by atoms with Crippen LogP contribution in [-0.2, 0) is 21.4 Å². The molecule has 0 unspecified atom stereocenters. The zero-order valence-corrected chi connectivity index (χ0v) is 19.6. The maximum absolute atomic E-state index is 12.7. The number of sulfonamides is 1. The number of nitrogens with zero attached hydrogens (tertiary/aromatic N) is 1. The van der Waals surface area contributed by atoms with Gasteiger partial charge in [0, 0.05) is 25.3 Å². The van der Waals surface area contributed by atoms with Crippen LogP contribution in [-0.4, -0.2) is 52.0 Å². The van der Waals surface area contributed by atoms with Crippen molar-refractivity contribution in [2.45, 2.75) is 43.7 Å². The van der Waals surface area contributed by atoms with Crippen molar-refractivity contribution in [1.29, 1.82) is 0 Å². The van der Waals surface area contributed by atoms with Crippen molar-refractivity contribution >= 4 is 21.6 Å². The third kappa shape index (κ3) is 5.79. The van der Waals surface area contributed by atoms with Gasteiger partial charge in [-0.2, -0.15) is 4.31 Å². The summed E-state index contributed by atoms with van der Waals surface area (Å²) in [6, 6.07) is 11.5. The van der Waals surface area contributed by atoms with E-state index in [1.54, 1.807) is 45.4 Å². The average molecular weight is 462 g/mol. The van der Waals surface area contributed by atoms with Gasteiger partial charge in [-0.25, -0.2) is 8.42 Å². The lowest BCUT2D eigenvalue weighted by Crippen LogP contribution is -2.37. The van der Waals surface area contributed by atoms with Crippen LogP contribution in [0.1, 0.15) is 31.7 Å². The summed E-state index contributed by atoms with van der Waals surface area (Å²) in [7, 11) is -0.326. The van der Waals surface area contributed by atoms with E-state index < -0.39 is 16.1 Å². The number of ether oxygens (including phenoxy) is 2. The van der Waals surface area contributed by atoms with Crippen LogP contribution >= 0.6 is 0 Å². The van der Waals surface area contributed by atoms with E-state index >= 15 is 0 Å². The summed E-state index contributed by atoms with van der Waals surface area (Å²) >= 11 is 0. The van der Waals surface area contributed by atoms with Crippen LogP contribution in [0.5, 0.6) is 11.5 Å². The SMILES string of the molecule is COc1ccc(CN[C@H](C)C(=O)Nc2ccc(S(=O)(=O)N3CCCCC3)cc2)cc1OC. The molecule has 174 valence electrons. The Morgan fingerprint density at radius 2 is 1.66 bits per heavy atom. The highest BCUT2D eigenvalue weighted by Gasteiger charge is 2.25. The van der Waals surface area contributed by atoms with E-state index in [0.29, 0.717) is 36.8 Å². The number of hydrogen-bond donors (Lipinski definition) is 2. The molecule has 2 aromatic carbocycles. The average Bonchev–Trinajstić information content (AvgIpc) is 2.83. The molecule has 1 atom stereocenters. The molecular weight excluding hydrogens is 430 g/mol. The van der Waals surface area contributed by atoms with Gasteiger partial charge in [-0.1, -0.05) is 12.5 Å². The van der Waals surface area contributed by atoms with Crippen LogP contribution in [0.15, 0.2) is 47.4 Å². The largest absolute Gasteiger partial charge is 0.493 e. The highest BCUT2D eigenvalue weighted by Crippen LogP contribution is 2.27. The molecule has 2 N–H and O–H groups in total. The van der Waals surface area contributed by atoms with Gasteiger partial charge in [0.2, 0.25) is 15.9 Å². The lowest BCUT2D eigenvalue weighted by atomic mass is 10.2. The molecule has 0 bridgehead atoms. The molecule has 1 amide bonds. The monoisotopic (exact) mass is 461 g/mol. The zero-order chi connectivity index (χ0) is 23.1. The third-order valence-electron chi connectivity index (χ3n) is 5.53. The van der Waals surface area contributed by atoms with Gasteiger partial charge in [0.05, 0.1) is 25.2 Å². The van der Waals surface area contributed by atoms with Gasteiger partial charge >= 0.3 is 0 Å². The Morgan fingerprint density at radius 1 is 1.00 bits per heavy atom. The van der Waals surface area contributed by atoms with E-state index in [9.17, 15) is 13.2 Å². The fourth-order valence-corrected chi connectivity index (χ4v) is 5.09. The van der Waals surface area contributed by atoms with E-state index in [-0.39, 0.29) is 10.8 Å². The molecule has 1 aliphatic rings. The fourth-order valence-electron chi connectivity index (χ4n) is 3.57. The summed E-state index contributed by atoms with van der Waals surface area (Å²) in [5.74, 6) is 1.06. The summed E-state index contributed by atoms with van der Waals surface area (Å²) in [5.41, 5.74) is 1.50. The van der Waals surface area contributed by atoms with Gasteiger partial charge in [-0.15, -0.1) is 0 Å². The number of carbonyl (C=O) groups excluding carboxylic acids is 1. The topological polar surface area (TPSA) is 97.0 Å². The number of anilines is 1. The summed E-state index contributed by atoms with van der Waals surface area (Å²) in [4.78, 5) is 12.8. The van der Waals surface area contributed by atoms with E-state index in [0.717, 1.165) is 24.8 Å². The smallest absolute Gasteiger partial charge is 0.243 e. The molecule has 0 aliphatic carbocycles. The molecular formula is C23H31N3O5S. The molecule has 2 aromatic rings. The van der Waals surface area contributed by atoms with Crippen LogP contribution in [0, 0.1) is 0 Å². The first-order valence-corrected chi connectivity index (χ1v) is 12.1. The van der Waals surface area contributed by atoms with Crippen LogP contribution in [0.2, 0.25) is 0 Å². The van der Waals surface area contributed by atoms with E-state index in [1.807, 2.05) is 18.2 Å². The Hall–Kier alpha value is -2.62. The minimum absolute atomic E-state index is 0.211. The first kappa shape index (κ1) is 24.0. The molecule has 0 radical (unpaired) electrons. The van der Waals surface area contributed by atoms with Gasteiger partial charge in [-0.3, -0.25) is 4.79 Å². The molecule has 1 saturated heterocycles. The molecule has 8 nitrogen and oxygen atoms in total. The van der Waals surface area contributed by atoms with Crippen LogP contribution in [0.4, 0.5) is 5.69 Å². The van der Waals surface area contributed by atoms with Crippen LogP contribution < -0.4 is 20.1 Å². The molecule has 1 aliphatic heterocycles. The second-order valence-electron chi connectivity index (χ2n) is 7.77. The number of amides is 1. The lowest BCUT2D eigenvalue weighted by molar-refractivity contribution is -0.117. The Kier molecular flexibility index (Phi) is 8.11. The van der Waals surface area contributed by atoms with E-state index in [1.165, 1.54) is 4.31 Å². The predicted molar refractivity (Wildman–Crippen MR) is 124 cm³/mol. The van der Waals surface area contributed by atoms with Gasteiger partial charge in [-0.05, 0) is 61.7 Å². The Bertz CT molecular complexity index is 1020. The third-order valence-corrected chi connectivity index (χ3v) is 7.44. The molecule has 1 heterocycles. The zero-order valence-electron chi connectivity index (χ0n) is 18.8. The first-order valence-electron chi connectivity index (χ1n) is 10.7. The Labute approximate surface area is 190 Å². The predicted octanol–water partition coefficient (Wildman–Crippen LogP) is 3.00. The summed E-state index contributed by atoms with van der Waals surface area (Å²) in [6.07, 6.45) is 2.85. The maximum Gasteiger partial charge on any atom is 0.243 e. The van der Waals surface area contributed by atoms with Crippen molar-refractivity contribution in [1.82, 2.24) is 9.62 Å². The second kappa shape index (κ2) is 10.8. The lowest BCUT2D eigenvalue weighted by Gasteiger charge is -2.25. The fraction of sp³-hybridized carbons (Fsp3) is 0.435. The number of carbonyl (C=O) groups is 1. The van der Waals surface area contributed by atoms with Crippen molar-refractivity contribution in [3.63, 3.8) is 0 Å². The van der Waals surface area contributed by atoms with Crippen LogP contribution in [0.3, 0.4) is 0 Å². The van der Waals surface area contributed by atoms with Crippen molar-refractivity contribution in [2.24, 2.45) is 0 Å². The first-order chi connectivity index (χ1) is 15.3. The quantitative estimate of drug-likeness (QED) is 0.596. The number of hydrogen-bond acceptors (Lipinski definition) is 6. The van der Waals surface area contributed by atoms with Crippen molar-refractivity contribution in [3.8, 4) is 11.5 Å². The normalized spacial score (nSPS) is 15.7. The Balaban J connectivity index is 1.56. The minimum Gasteiger partial charge on any atom is -0.493 e. The molecule has 0 saturated carbocycles. The van der Waals surface area contributed by atoms with Gasteiger partial charge in [0.15, 0.2) is 11.5 Å². The van der Waals surface area contributed by atoms with Gasteiger partial charge < -0.3 is 20.1 Å². The summed E-state index contributed by atoms with van der Waals surface area (Å²) in [5, 5.41) is 6.00. The number of benzene rings is 2. The van der Waals surface area contributed by atoms with Crippen LogP contribution in [0.25, 0.3) is 0 Å². The number of piperidine rings is 1. The number of methoxy groups -OCH3 is 2. The highest BCUT2D eigenvalue weighted by atomic mass is 32.2. The highest BCUT2D eigenvalue weighted by molar-refractivity contribution is 7.89. The van der Waals surface area contributed by atoms with Crippen molar-refractivity contribution in [3.05, 3.63) is 48.0 Å². The summed E-state index contributed by atoms with van der Waals surface area (Å²) in [6.45, 7) is 3.36. The number of nitrogens with one attached hydrogen (secondary N) is 2. The molecule has 3 rings (SSSR count). The second-order valence-corrected chi connectivity index (χ2v) is 9.71. The van der Waals surface area contributed by atoms with Crippen molar-refractivity contribution in [2.75, 3.05) is 32.6 Å².